The van der Waals surface area contributed by atoms with Crippen LogP contribution in [0.2, 0.25) is 0 Å². The molecule has 1 unspecified atom stereocenters. The minimum atomic E-state index is -0.511. The molecule has 1 heterocycles. The number of carbonyl (C=O) groups is 1. The Morgan fingerprint density at radius 3 is 2.42 bits per heavy atom. The molecule has 0 spiro atoms. The van der Waals surface area contributed by atoms with Crippen molar-refractivity contribution < 1.29 is 14.0 Å². The predicted octanol–water partition coefficient (Wildman–Crippen LogP) is 2.36. The van der Waals surface area contributed by atoms with Crippen LogP contribution in [0.4, 0.5) is 5.69 Å². The van der Waals surface area contributed by atoms with E-state index in [9.17, 15) is 9.59 Å². The van der Waals surface area contributed by atoms with E-state index in [4.69, 9.17) is 4.52 Å². The van der Waals surface area contributed by atoms with E-state index in [1.54, 1.807) is 6.92 Å². The van der Waals surface area contributed by atoms with Crippen LogP contribution in [0.15, 0.2) is 75.0 Å². The molecule has 7 heteroatoms. The summed E-state index contributed by atoms with van der Waals surface area (Å²) in [6, 6.07) is 18.5. The fourth-order valence-corrected chi connectivity index (χ4v) is 2.98. The number of amides is 1. The molecule has 6 nitrogen and oxygen atoms in total. The maximum Gasteiger partial charge on any atom is 0.442 e. The Morgan fingerprint density at radius 1 is 1.12 bits per heavy atom. The third-order valence-electron chi connectivity index (χ3n) is 3.32. The number of carbonyl (C=O) groups excluding carboxylic acids is 1. The molecule has 2 N–H and O–H groups in total. The number of hydrogen-bond acceptors (Lipinski definition) is 4. The van der Waals surface area contributed by atoms with Gasteiger partial charge in [-0.15, -0.1) is 0 Å². The van der Waals surface area contributed by atoms with Gasteiger partial charge in [0, 0.05) is 17.8 Å². The summed E-state index contributed by atoms with van der Waals surface area (Å²) in [6.45, 7) is 1.74. The lowest BCUT2D eigenvalue weighted by molar-refractivity contribution is -0.704. The van der Waals surface area contributed by atoms with E-state index in [2.05, 4.69) is 10.6 Å². The number of nitrogens with zero attached hydrogens (tertiary/aromatic N) is 1. The maximum atomic E-state index is 12.3. The van der Waals surface area contributed by atoms with Crippen molar-refractivity contribution >= 4 is 23.4 Å². The van der Waals surface area contributed by atoms with Crippen LogP contribution in [0.3, 0.4) is 0 Å². The van der Waals surface area contributed by atoms with Gasteiger partial charge in [-0.3, -0.25) is 9.32 Å². The summed E-state index contributed by atoms with van der Waals surface area (Å²) < 4.78 is 6.41. The Labute approximate surface area is 142 Å². The minimum Gasteiger partial charge on any atom is -0.325 e. The van der Waals surface area contributed by atoms with Gasteiger partial charge in [-0.2, -0.15) is 0 Å². The molecule has 1 amide bonds. The number of aromatic amines is 1. The molecule has 3 rings (SSSR count). The molecular formula is C17H16N3O3S+. The van der Waals surface area contributed by atoms with Crippen LogP contribution in [0.1, 0.15) is 6.92 Å². The van der Waals surface area contributed by atoms with Crippen molar-refractivity contribution in [2.45, 2.75) is 17.2 Å². The quantitative estimate of drug-likeness (QED) is 0.551. The second-order valence-corrected chi connectivity index (χ2v) is 6.40. The van der Waals surface area contributed by atoms with Crippen molar-refractivity contribution in [2.24, 2.45) is 0 Å². The summed E-state index contributed by atoms with van der Waals surface area (Å²) in [5.74, 6) is -0.189. The van der Waals surface area contributed by atoms with E-state index in [0.29, 0.717) is 10.7 Å². The number of aromatic nitrogens is 2. The molecule has 0 saturated carbocycles. The van der Waals surface area contributed by atoms with Gasteiger partial charge in [0.2, 0.25) is 11.6 Å². The lowest BCUT2D eigenvalue weighted by atomic mass is 10.3. The van der Waals surface area contributed by atoms with Crippen LogP contribution < -0.4 is 15.6 Å². The second kappa shape index (κ2) is 7.18. The lowest BCUT2D eigenvalue weighted by Gasteiger charge is -2.09. The van der Waals surface area contributed by atoms with Crippen LogP contribution in [-0.4, -0.2) is 16.4 Å². The summed E-state index contributed by atoms with van der Waals surface area (Å²) in [7, 11) is 0. The van der Waals surface area contributed by atoms with Gasteiger partial charge < -0.3 is 5.32 Å². The average Bonchev–Trinajstić information content (AvgIpc) is 2.97. The number of thioether (sulfide) groups is 1. The number of benzene rings is 2. The largest absolute Gasteiger partial charge is 0.442 e. The first-order chi connectivity index (χ1) is 11.6. The van der Waals surface area contributed by atoms with Crippen molar-refractivity contribution in [1.29, 1.82) is 0 Å². The smallest absolute Gasteiger partial charge is 0.325 e. The number of hydrogen-bond donors (Lipinski definition) is 2. The molecule has 0 saturated heterocycles. The first kappa shape index (κ1) is 16.1. The summed E-state index contributed by atoms with van der Waals surface area (Å²) in [5, 5.41) is 5.23. The van der Waals surface area contributed by atoms with E-state index in [-0.39, 0.29) is 5.91 Å². The number of rotatable bonds is 5. The zero-order valence-corrected chi connectivity index (χ0v) is 13.7. The highest BCUT2D eigenvalue weighted by Crippen LogP contribution is 2.19. The lowest BCUT2D eigenvalue weighted by Crippen LogP contribution is -2.37. The molecule has 1 aromatic heterocycles. The standard InChI is InChI=1S/C17H15N3O3S/c1-12(15(21)18-13-8-4-2-5-9-13)24-16-17(22)23-19-20(16)14-10-6-3-7-11-14/h2-12H,1H3,(H-,18,19,21,22)/p+1. The minimum absolute atomic E-state index is 0.189. The normalized spacial score (nSPS) is 11.9. The van der Waals surface area contributed by atoms with E-state index >= 15 is 0 Å². The van der Waals surface area contributed by atoms with E-state index in [1.807, 2.05) is 60.7 Å². The second-order valence-electron chi connectivity index (χ2n) is 5.07. The third kappa shape index (κ3) is 3.57. The molecular weight excluding hydrogens is 326 g/mol. The molecule has 0 aliphatic carbocycles. The van der Waals surface area contributed by atoms with Gasteiger partial charge in [0.05, 0.1) is 5.25 Å². The van der Waals surface area contributed by atoms with Gasteiger partial charge in [0.1, 0.15) is 0 Å². The average molecular weight is 342 g/mol. The van der Waals surface area contributed by atoms with E-state index < -0.39 is 10.9 Å². The molecule has 3 aromatic rings. The number of anilines is 1. The van der Waals surface area contributed by atoms with Gasteiger partial charge in [-0.05, 0) is 40.8 Å². The monoisotopic (exact) mass is 342 g/mol. The van der Waals surface area contributed by atoms with Crippen LogP contribution in [0.25, 0.3) is 5.69 Å². The van der Waals surface area contributed by atoms with Crippen LogP contribution in [0, 0.1) is 0 Å². The van der Waals surface area contributed by atoms with Gasteiger partial charge in [-0.25, -0.2) is 4.79 Å². The van der Waals surface area contributed by atoms with Gasteiger partial charge in [0.25, 0.3) is 0 Å². The molecule has 0 radical (unpaired) electrons. The van der Waals surface area contributed by atoms with Crippen molar-refractivity contribution in [1.82, 2.24) is 5.27 Å². The topological polar surface area (TPSA) is 79.0 Å². The van der Waals surface area contributed by atoms with Crippen molar-refractivity contribution in [2.75, 3.05) is 5.32 Å². The molecule has 0 fully saturated rings. The molecule has 0 aliphatic heterocycles. The summed E-state index contributed by atoms with van der Waals surface area (Å²) in [6.07, 6.45) is 0. The molecule has 0 aliphatic rings. The van der Waals surface area contributed by atoms with Crippen molar-refractivity contribution in [3.8, 4) is 5.69 Å². The molecule has 122 valence electrons. The highest BCUT2D eigenvalue weighted by molar-refractivity contribution is 8.00. The predicted molar refractivity (Wildman–Crippen MR) is 91.3 cm³/mol. The third-order valence-corrected chi connectivity index (χ3v) is 4.46. The number of H-pyrrole nitrogens is 1. The first-order valence-corrected chi connectivity index (χ1v) is 8.24. The maximum absolute atomic E-state index is 12.3. The zero-order chi connectivity index (χ0) is 16.9. The van der Waals surface area contributed by atoms with Crippen molar-refractivity contribution in [3.63, 3.8) is 0 Å². The molecule has 0 bridgehead atoms. The van der Waals surface area contributed by atoms with Gasteiger partial charge in [0.15, 0.2) is 0 Å². The Kier molecular flexibility index (Phi) is 4.81. The highest BCUT2D eigenvalue weighted by Gasteiger charge is 2.28. The van der Waals surface area contributed by atoms with Crippen LogP contribution in [-0.2, 0) is 4.79 Å². The van der Waals surface area contributed by atoms with Gasteiger partial charge >= 0.3 is 10.7 Å². The Bertz CT molecular complexity index is 875. The first-order valence-electron chi connectivity index (χ1n) is 7.36. The summed E-state index contributed by atoms with van der Waals surface area (Å²) in [5.41, 5.74) is 0.955. The highest BCUT2D eigenvalue weighted by atomic mass is 32.2. The molecule has 24 heavy (non-hydrogen) atoms. The fourth-order valence-electron chi connectivity index (χ4n) is 2.10. The van der Waals surface area contributed by atoms with Crippen LogP contribution >= 0.6 is 11.8 Å². The summed E-state index contributed by atoms with van der Waals surface area (Å²) in [4.78, 5) is 24.3. The number of nitrogens with one attached hydrogen (secondary N) is 2. The molecule has 2 aromatic carbocycles. The van der Waals surface area contributed by atoms with E-state index in [0.717, 1.165) is 17.4 Å². The Balaban J connectivity index is 1.77. The number of para-hydroxylation sites is 2. The zero-order valence-electron chi connectivity index (χ0n) is 12.9. The van der Waals surface area contributed by atoms with Crippen LogP contribution in [0.5, 0.6) is 0 Å². The summed E-state index contributed by atoms with van der Waals surface area (Å²) >= 11 is 1.14. The Morgan fingerprint density at radius 2 is 1.75 bits per heavy atom. The van der Waals surface area contributed by atoms with Crippen molar-refractivity contribution in [3.05, 3.63) is 71.1 Å². The van der Waals surface area contributed by atoms with E-state index in [1.165, 1.54) is 4.68 Å². The molecule has 1 atom stereocenters. The van der Waals surface area contributed by atoms with Gasteiger partial charge in [-0.1, -0.05) is 36.4 Å². The fraction of sp³-hybridized carbons (Fsp3) is 0.118. The SMILES string of the molecule is CC(Sc1c(=O)o[nH][n+]1-c1ccccc1)C(=O)Nc1ccccc1. The Hall–Kier alpha value is -2.80.